The second-order valence-electron chi connectivity index (χ2n) is 6.30. The van der Waals surface area contributed by atoms with Crippen LogP contribution in [0.4, 0.5) is 13.2 Å². The van der Waals surface area contributed by atoms with Crippen LogP contribution in [0.25, 0.3) is 0 Å². The maximum absolute atomic E-state index is 12.0. The molecular weight excluding hydrogens is 269 g/mol. The van der Waals surface area contributed by atoms with Gasteiger partial charge in [0, 0.05) is 31.2 Å². The molecular formula is C14H27F3N2O. The Morgan fingerprint density at radius 2 is 2.05 bits per heavy atom. The van der Waals surface area contributed by atoms with Crippen LogP contribution in [0.15, 0.2) is 0 Å². The summed E-state index contributed by atoms with van der Waals surface area (Å²) >= 11 is 0. The summed E-state index contributed by atoms with van der Waals surface area (Å²) in [7, 11) is 0. The van der Waals surface area contributed by atoms with Crippen LogP contribution in [0.1, 0.15) is 34.1 Å². The summed E-state index contributed by atoms with van der Waals surface area (Å²) in [6, 6.07) is 0.399. The van der Waals surface area contributed by atoms with E-state index in [-0.39, 0.29) is 12.1 Å². The third-order valence-corrected chi connectivity index (χ3v) is 4.17. The van der Waals surface area contributed by atoms with E-state index >= 15 is 0 Å². The summed E-state index contributed by atoms with van der Waals surface area (Å²) in [5.41, 5.74) is -0.0500. The quantitative estimate of drug-likeness (QED) is 0.763. The molecule has 0 aliphatic carbocycles. The van der Waals surface area contributed by atoms with Crippen molar-refractivity contribution in [3.8, 4) is 0 Å². The fourth-order valence-corrected chi connectivity index (χ4v) is 2.46. The molecule has 1 aliphatic heterocycles. The lowest BCUT2D eigenvalue weighted by molar-refractivity contribution is -0.175. The zero-order valence-electron chi connectivity index (χ0n) is 12.9. The molecule has 2 unspecified atom stereocenters. The third-order valence-electron chi connectivity index (χ3n) is 4.17. The first-order valence-corrected chi connectivity index (χ1v) is 7.28. The molecule has 120 valence electrons. The van der Waals surface area contributed by atoms with Gasteiger partial charge in [-0.1, -0.05) is 20.3 Å². The molecule has 2 atom stereocenters. The van der Waals surface area contributed by atoms with Gasteiger partial charge >= 0.3 is 6.18 Å². The molecule has 1 N–H and O–H groups in total. The molecule has 1 aliphatic rings. The first kappa shape index (κ1) is 17.7. The highest BCUT2D eigenvalue weighted by Gasteiger charge is 2.35. The SMILES string of the molecule is CCC(C)C1CN(CCOCC(F)(F)F)C(C)(C)CN1. The molecule has 0 saturated carbocycles. The summed E-state index contributed by atoms with van der Waals surface area (Å²) in [5, 5.41) is 3.54. The van der Waals surface area contributed by atoms with E-state index in [0.29, 0.717) is 18.5 Å². The van der Waals surface area contributed by atoms with Crippen LogP contribution < -0.4 is 5.32 Å². The summed E-state index contributed by atoms with van der Waals surface area (Å²) in [5.74, 6) is 0.560. The Bertz CT molecular complexity index is 295. The molecule has 6 heteroatoms. The fraction of sp³-hybridized carbons (Fsp3) is 1.00. The normalized spacial score (nSPS) is 25.6. The summed E-state index contributed by atoms with van der Waals surface area (Å²) in [4.78, 5) is 2.23. The number of rotatable bonds is 6. The van der Waals surface area contributed by atoms with Gasteiger partial charge in [0.2, 0.25) is 0 Å². The van der Waals surface area contributed by atoms with Crippen molar-refractivity contribution in [2.45, 2.75) is 51.9 Å². The van der Waals surface area contributed by atoms with Crippen LogP contribution in [-0.2, 0) is 4.74 Å². The second kappa shape index (κ2) is 7.09. The molecule has 0 bridgehead atoms. The van der Waals surface area contributed by atoms with E-state index in [0.717, 1.165) is 19.5 Å². The molecule has 1 saturated heterocycles. The summed E-state index contributed by atoms with van der Waals surface area (Å²) < 4.78 is 40.8. The van der Waals surface area contributed by atoms with E-state index in [1.165, 1.54) is 0 Å². The van der Waals surface area contributed by atoms with Gasteiger partial charge < -0.3 is 10.1 Å². The molecule has 0 aromatic heterocycles. The van der Waals surface area contributed by atoms with Crippen molar-refractivity contribution in [2.24, 2.45) is 5.92 Å². The van der Waals surface area contributed by atoms with Crippen LogP contribution in [0.3, 0.4) is 0 Å². The van der Waals surface area contributed by atoms with Gasteiger partial charge in [0.05, 0.1) is 6.61 Å². The average molecular weight is 296 g/mol. The van der Waals surface area contributed by atoms with Crippen molar-refractivity contribution in [2.75, 3.05) is 32.8 Å². The largest absolute Gasteiger partial charge is 0.411 e. The van der Waals surface area contributed by atoms with E-state index in [2.05, 4.69) is 37.9 Å². The van der Waals surface area contributed by atoms with Gasteiger partial charge in [-0.25, -0.2) is 0 Å². The van der Waals surface area contributed by atoms with Crippen molar-refractivity contribution in [3.63, 3.8) is 0 Å². The van der Waals surface area contributed by atoms with Gasteiger partial charge in [0.1, 0.15) is 6.61 Å². The van der Waals surface area contributed by atoms with Gasteiger partial charge in [-0.15, -0.1) is 0 Å². The molecule has 0 spiro atoms. The topological polar surface area (TPSA) is 24.5 Å². The maximum atomic E-state index is 12.0. The molecule has 20 heavy (non-hydrogen) atoms. The lowest BCUT2D eigenvalue weighted by atomic mass is 9.91. The van der Waals surface area contributed by atoms with Crippen LogP contribution in [-0.4, -0.2) is 55.5 Å². The number of halogens is 3. The molecule has 0 radical (unpaired) electrons. The number of ether oxygens (including phenoxy) is 1. The Balaban J connectivity index is 2.43. The van der Waals surface area contributed by atoms with Crippen molar-refractivity contribution in [1.82, 2.24) is 10.2 Å². The third kappa shape index (κ3) is 5.58. The van der Waals surface area contributed by atoms with Crippen molar-refractivity contribution >= 4 is 0 Å². The molecule has 0 aromatic carbocycles. The Morgan fingerprint density at radius 3 is 2.60 bits per heavy atom. The molecule has 3 nitrogen and oxygen atoms in total. The summed E-state index contributed by atoms with van der Waals surface area (Å²) in [6.07, 6.45) is -3.14. The van der Waals surface area contributed by atoms with Crippen LogP contribution in [0.5, 0.6) is 0 Å². The van der Waals surface area contributed by atoms with Crippen molar-refractivity contribution in [3.05, 3.63) is 0 Å². The number of nitrogens with zero attached hydrogens (tertiary/aromatic N) is 1. The van der Waals surface area contributed by atoms with Gasteiger partial charge in [0.25, 0.3) is 0 Å². The zero-order chi connectivity index (χ0) is 15.4. The number of nitrogens with one attached hydrogen (secondary N) is 1. The van der Waals surface area contributed by atoms with Crippen LogP contribution >= 0.6 is 0 Å². The van der Waals surface area contributed by atoms with Gasteiger partial charge in [-0.2, -0.15) is 13.2 Å². The van der Waals surface area contributed by atoms with Crippen LogP contribution in [0, 0.1) is 5.92 Å². The number of piperazine rings is 1. The zero-order valence-corrected chi connectivity index (χ0v) is 12.9. The maximum Gasteiger partial charge on any atom is 0.411 e. The molecule has 1 heterocycles. The number of alkyl halides is 3. The first-order valence-electron chi connectivity index (χ1n) is 7.28. The number of hydrogen-bond donors (Lipinski definition) is 1. The minimum absolute atomic E-state index is 0.0500. The van der Waals surface area contributed by atoms with Gasteiger partial charge in [-0.3, -0.25) is 4.90 Å². The smallest absolute Gasteiger partial charge is 0.371 e. The lowest BCUT2D eigenvalue weighted by Gasteiger charge is -2.47. The Kier molecular flexibility index (Phi) is 6.28. The Labute approximate surface area is 119 Å². The van der Waals surface area contributed by atoms with Crippen molar-refractivity contribution in [1.29, 1.82) is 0 Å². The predicted octanol–water partition coefficient (Wildman–Crippen LogP) is 2.66. The van der Waals surface area contributed by atoms with E-state index in [1.807, 2.05) is 0 Å². The van der Waals surface area contributed by atoms with Crippen LogP contribution in [0.2, 0.25) is 0 Å². The minimum Gasteiger partial charge on any atom is -0.371 e. The lowest BCUT2D eigenvalue weighted by Crippen LogP contribution is -2.63. The Morgan fingerprint density at radius 1 is 1.40 bits per heavy atom. The molecule has 1 fully saturated rings. The highest BCUT2D eigenvalue weighted by molar-refractivity contribution is 4.94. The van der Waals surface area contributed by atoms with E-state index in [9.17, 15) is 13.2 Å². The fourth-order valence-electron chi connectivity index (χ4n) is 2.46. The first-order chi connectivity index (χ1) is 9.15. The van der Waals surface area contributed by atoms with Crippen molar-refractivity contribution < 1.29 is 17.9 Å². The van der Waals surface area contributed by atoms with Gasteiger partial charge in [-0.05, 0) is 19.8 Å². The van der Waals surface area contributed by atoms with E-state index in [1.54, 1.807) is 0 Å². The second-order valence-corrected chi connectivity index (χ2v) is 6.30. The predicted molar refractivity (Wildman–Crippen MR) is 73.8 cm³/mol. The van der Waals surface area contributed by atoms with E-state index < -0.39 is 12.8 Å². The van der Waals surface area contributed by atoms with Gasteiger partial charge in [0.15, 0.2) is 0 Å². The number of hydrogen-bond acceptors (Lipinski definition) is 3. The van der Waals surface area contributed by atoms with E-state index in [4.69, 9.17) is 4.74 Å². The highest BCUT2D eigenvalue weighted by Crippen LogP contribution is 2.22. The Hall–Kier alpha value is -0.330. The minimum atomic E-state index is -4.24. The summed E-state index contributed by atoms with van der Waals surface area (Å²) in [6.45, 7) is 9.78. The molecule has 0 amide bonds. The molecule has 1 rings (SSSR count). The standard InChI is InChI=1S/C14H27F3N2O/c1-5-11(2)12-8-19(13(3,4)9-18-12)6-7-20-10-14(15,16)17/h11-12,18H,5-10H2,1-4H3. The average Bonchev–Trinajstić information content (AvgIpc) is 2.33. The monoisotopic (exact) mass is 296 g/mol. The molecule has 0 aromatic rings. The highest BCUT2D eigenvalue weighted by atomic mass is 19.4.